The van der Waals surface area contributed by atoms with Crippen molar-refractivity contribution >= 4 is 16.7 Å². The van der Waals surface area contributed by atoms with Gasteiger partial charge < -0.3 is 9.47 Å². The van der Waals surface area contributed by atoms with Crippen molar-refractivity contribution in [1.29, 1.82) is 0 Å². The summed E-state index contributed by atoms with van der Waals surface area (Å²) >= 11 is 0. The molecule has 2 aliphatic heterocycles. The highest BCUT2D eigenvalue weighted by atomic mass is 16.2. The van der Waals surface area contributed by atoms with E-state index in [0.29, 0.717) is 25.2 Å². The number of likely N-dealkylation sites (tertiary alicyclic amines) is 1. The lowest BCUT2D eigenvalue weighted by atomic mass is 9.80. The van der Waals surface area contributed by atoms with Crippen LogP contribution in [0.5, 0.6) is 0 Å². The lowest BCUT2D eigenvalue weighted by Crippen LogP contribution is -2.49. The van der Waals surface area contributed by atoms with E-state index in [2.05, 4.69) is 35.3 Å². The largest absolute Gasteiger partial charge is 0.338 e. The van der Waals surface area contributed by atoms with Gasteiger partial charge in [0, 0.05) is 60.8 Å². The molecule has 0 N–H and O–H groups in total. The molecule has 6 rings (SSSR count). The molecule has 1 fully saturated rings. The number of carbonyl (C=O) groups is 1. The van der Waals surface area contributed by atoms with Crippen molar-refractivity contribution in [2.75, 3.05) is 13.1 Å². The second-order valence-corrected chi connectivity index (χ2v) is 8.89. The van der Waals surface area contributed by atoms with E-state index < -0.39 is 0 Å². The van der Waals surface area contributed by atoms with Gasteiger partial charge in [0.2, 0.25) is 0 Å². The van der Waals surface area contributed by atoms with Gasteiger partial charge in [0.1, 0.15) is 0 Å². The summed E-state index contributed by atoms with van der Waals surface area (Å²) < 4.78 is 1.96. The molecule has 5 nitrogen and oxygen atoms in total. The molecule has 0 saturated carbocycles. The molecular weight excluding hydrogens is 398 g/mol. The van der Waals surface area contributed by atoms with Gasteiger partial charge in [-0.25, -0.2) is 0 Å². The Morgan fingerprint density at radius 1 is 0.875 bits per heavy atom. The number of benzene rings is 2. The van der Waals surface area contributed by atoms with Crippen LogP contribution in [0.15, 0.2) is 83.9 Å². The molecule has 2 aliphatic rings. The predicted octanol–water partition coefficient (Wildman–Crippen LogP) is 4.32. The zero-order valence-corrected chi connectivity index (χ0v) is 17.6. The third-order valence-corrected chi connectivity index (χ3v) is 6.86. The van der Waals surface area contributed by atoms with Crippen LogP contribution < -0.4 is 5.56 Å². The molecule has 2 atom stereocenters. The number of aromatic nitrogens is 2. The third kappa shape index (κ3) is 3.12. The number of carbonyl (C=O) groups excluding carboxylic acids is 1. The van der Waals surface area contributed by atoms with Crippen LogP contribution in [-0.2, 0) is 6.54 Å². The molecule has 32 heavy (non-hydrogen) atoms. The monoisotopic (exact) mass is 421 g/mol. The van der Waals surface area contributed by atoms with Crippen LogP contribution in [-0.4, -0.2) is 33.4 Å². The molecule has 2 aromatic heterocycles. The number of hydrogen-bond acceptors (Lipinski definition) is 3. The minimum atomic E-state index is 0.0427. The summed E-state index contributed by atoms with van der Waals surface area (Å²) in [5.74, 6) is 0.473. The maximum Gasteiger partial charge on any atom is 0.253 e. The summed E-state index contributed by atoms with van der Waals surface area (Å²) in [6, 6.07) is 22.0. The van der Waals surface area contributed by atoms with Gasteiger partial charge in [-0.15, -0.1) is 0 Å². The molecule has 1 amide bonds. The molecule has 4 aromatic rings. The molecule has 2 bridgehead atoms. The SMILES string of the molecule is O=C(c1ccncc1)N1C[C@@H]2C[C@@H](C1)c1c(-c3ccc4ccccc4c3)ccc(=O)n1C2. The summed E-state index contributed by atoms with van der Waals surface area (Å²) in [4.78, 5) is 31.9. The highest BCUT2D eigenvalue weighted by molar-refractivity contribution is 5.94. The number of hydrogen-bond donors (Lipinski definition) is 0. The van der Waals surface area contributed by atoms with Crippen LogP contribution in [0.2, 0.25) is 0 Å². The van der Waals surface area contributed by atoms with Gasteiger partial charge in [0.05, 0.1) is 0 Å². The Labute approximate surface area is 186 Å². The summed E-state index contributed by atoms with van der Waals surface area (Å²) in [6.07, 6.45) is 4.32. The first kappa shape index (κ1) is 19.0. The summed E-state index contributed by atoms with van der Waals surface area (Å²) in [6.45, 7) is 1.97. The molecule has 4 heterocycles. The summed E-state index contributed by atoms with van der Waals surface area (Å²) in [5.41, 5.74) is 3.99. The van der Waals surface area contributed by atoms with Gasteiger partial charge >= 0.3 is 0 Å². The Balaban J connectivity index is 1.42. The molecule has 0 spiro atoms. The van der Waals surface area contributed by atoms with E-state index >= 15 is 0 Å². The van der Waals surface area contributed by atoms with Crippen LogP contribution in [0.1, 0.15) is 28.4 Å². The van der Waals surface area contributed by atoms with Crippen LogP contribution in [0.25, 0.3) is 21.9 Å². The number of amides is 1. The van der Waals surface area contributed by atoms with Gasteiger partial charge in [-0.2, -0.15) is 0 Å². The molecule has 0 radical (unpaired) electrons. The second kappa shape index (κ2) is 7.45. The molecule has 5 heteroatoms. The fourth-order valence-corrected chi connectivity index (χ4v) is 5.46. The number of piperidine rings is 1. The molecule has 0 aliphatic carbocycles. The van der Waals surface area contributed by atoms with E-state index in [-0.39, 0.29) is 23.3 Å². The predicted molar refractivity (Wildman–Crippen MR) is 125 cm³/mol. The average Bonchev–Trinajstić information content (AvgIpc) is 2.84. The van der Waals surface area contributed by atoms with Gasteiger partial charge in [-0.1, -0.05) is 36.4 Å². The smallest absolute Gasteiger partial charge is 0.253 e. The molecule has 1 saturated heterocycles. The molecule has 2 aromatic carbocycles. The topological polar surface area (TPSA) is 55.2 Å². The van der Waals surface area contributed by atoms with Crippen molar-refractivity contribution in [3.63, 3.8) is 0 Å². The van der Waals surface area contributed by atoms with Crippen molar-refractivity contribution in [3.8, 4) is 11.1 Å². The lowest BCUT2D eigenvalue weighted by molar-refractivity contribution is 0.0595. The lowest BCUT2D eigenvalue weighted by Gasteiger charge is -2.43. The van der Waals surface area contributed by atoms with Crippen LogP contribution in [0.4, 0.5) is 0 Å². The maximum absolute atomic E-state index is 13.1. The highest BCUT2D eigenvalue weighted by Crippen LogP contribution is 2.40. The Kier molecular flexibility index (Phi) is 4.42. The zero-order valence-electron chi connectivity index (χ0n) is 17.6. The standard InChI is InChI=1S/C27H23N3O2/c31-25-8-7-24(22-6-5-19-3-1-2-4-21(19)14-22)26-23-13-18(16-30(25)26)15-29(17-23)27(32)20-9-11-28-12-10-20/h1-12,14,18,23H,13,15-17H2/t18-,23-/m0/s1. The molecule has 0 unspecified atom stereocenters. The first-order valence-electron chi connectivity index (χ1n) is 11.1. The van der Waals surface area contributed by atoms with Gasteiger partial charge in [0.25, 0.3) is 11.5 Å². The van der Waals surface area contributed by atoms with E-state index in [1.807, 2.05) is 27.7 Å². The van der Waals surface area contributed by atoms with Crippen LogP contribution in [0.3, 0.4) is 0 Å². The Hall–Kier alpha value is -3.73. The Morgan fingerprint density at radius 2 is 1.69 bits per heavy atom. The van der Waals surface area contributed by atoms with Crippen molar-refractivity contribution in [2.24, 2.45) is 5.92 Å². The quantitative estimate of drug-likeness (QED) is 0.484. The van der Waals surface area contributed by atoms with E-state index in [1.54, 1.807) is 30.6 Å². The number of rotatable bonds is 2. The van der Waals surface area contributed by atoms with Gasteiger partial charge in [-0.3, -0.25) is 14.6 Å². The Morgan fingerprint density at radius 3 is 2.53 bits per heavy atom. The minimum absolute atomic E-state index is 0.0427. The number of nitrogens with zero attached hydrogens (tertiary/aromatic N) is 3. The van der Waals surface area contributed by atoms with Crippen molar-refractivity contribution in [1.82, 2.24) is 14.5 Å². The first-order chi connectivity index (χ1) is 15.7. The first-order valence-corrected chi connectivity index (χ1v) is 11.1. The van der Waals surface area contributed by atoms with Gasteiger partial charge in [0.15, 0.2) is 0 Å². The van der Waals surface area contributed by atoms with Crippen molar-refractivity contribution in [3.05, 3.63) is 101 Å². The van der Waals surface area contributed by atoms with E-state index in [0.717, 1.165) is 23.2 Å². The maximum atomic E-state index is 13.1. The van der Waals surface area contributed by atoms with E-state index in [1.165, 1.54) is 10.8 Å². The van der Waals surface area contributed by atoms with Crippen LogP contribution in [0, 0.1) is 5.92 Å². The average molecular weight is 422 g/mol. The normalized spacial score (nSPS) is 19.6. The van der Waals surface area contributed by atoms with E-state index in [4.69, 9.17) is 0 Å². The van der Waals surface area contributed by atoms with Crippen molar-refractivity contribution in [2.45, 2.75) is 18.9 Å². The summed E-state index contributed by atoms with van der Waals surface area (Å²) in [7, 11) is 0. The van der Waals surface area contributed by atoms with Gasteiger partial charge in [-0.05, 0) is 52.9 Å². The molecule has 158 valence electrons. The summed E-state index contributed by atoms with van der Waals surface area (Å²) in [5, 5.41) is 2.38. The highest BCUT2D eigenvalue weighted by Gasteiger charge is 2.38. The van der Waals surface area contributed by atoms with Crippen LogP contribution >= 0.6 is 0 Å². The number of fused-ring (bicyclic) bond motifs is 5. The fraction of sp³-hybridized carbons (Fsp3) is 0.222. The molecular formula is C27H23N3O2. The number of pyridine rings is 2. The second-order valence-electron chi connectivity index (χ2n) is 8.89. The fourth-order valence-electron chi connectivity index (χ4n) is 5.46. The zero-order chi connectivity index (χ0) is 21.7. The van der Waals surface area contributed by atoms with E-state index in [9.17, 15) is 9.59 Å². The van der Waals surface area contributed by atoms with Crippen molar-refractivity contribution < 1.29 is 4.79 Å². The Bertz CT molecular complexity index is 1390. The minimum Gasteiger partial charge on any atom is -0.338 e. The third-order valence-electron chi connectivity index (χ3n) is 6.86.